The Labute approximate surface area is 131 Å². The molecule has 1 N–H and O–H groups in total. The first-order valence-electron chi connectivity index (χ1n) is 8.21. The summed E-state index contributed by atoms with van der Waals surface area (Å²) in [4.78, 5) is 14.4. The summed E-state index contributed by atoms with van der Waals surface area (Å²) in [6.45, 7) is 5.27. The summed E-state index contributed by atoms with van der Waals surface area (Å²) in [5.41, 5.74) is 0.398. The highest BCUT2D eigenvalue weighted by molar-refractivity contribution is 5.92. The van der Waals surface area contributed by atoms with Crippen molar-refractivity contribution in [1.82, 2.24) is 15.5 Å². The van der Waals surface area contributed by atoms with E-state index in [4.69, 9.17) is 4.74 Å². The lowest BCUT2D eigenvalue weighted by molar-refractivity contribution is 0.0904. The molecule has 6 nitrogen and oxygen atoms in total. The summed E-state index contributed by atoms with van der Waals surface area (Å²) in [7, 11) is 0. The predicted octanol–water partition coefficient (Wildman–Crippen LogP) is 1.62. The van der Waals surface area contributed by atoms with Crippen molar-refractivity contribution in [3.63, 3.8) is 0 Å². The third kappa shape index (κ3) is 3.55. The highest BCUT2D eigenvalue weighted by Gasteiger charge is 2.24. The average molecular weight is 304 g/mol. The Balaban J connectivity index is 1.60. The maximum absolute atomic E-state index is 12.3. The van der Waals surface area contributed by atoms with Crippen molar-refractivity contribution in [2.45, 2.75) is 38.6 Å². The first-order valence-corrected chi connectivity index (χ1v) is 8.21. The Kier molecular flexibility index (Phi) is 4.87. The van der Waals surface area contributed by atoms with Crippen LogP contribution in [0.4, 0.5) is 5.82 Å². The minimum absolute atomic E-state index is 0.111. The summed E-state index contributed by atoms with van der Waals surface area (Å²) < 4.78 is 5.32. The maximum atomic E-state index is 12.3. The molecule has 1 saturated heterocycles. The van der Waals surface area contributed by atoms with Crippen molar-refractivity contribution >= 4 is 11.7 Å². The van der Waals surface area contributed by atoms with Gasteiger partial charge in [-0.3, -0.25) is 4.79 Å². The zero-order chi connectivity index (χ0) is 15.4. The number of carbonyl (C=O) groups excluding carboxylic acids is 1. The largest absolute Gasteiger partial charge is 0.378 e. The molecule has 1 aliphatic heterocycles. The number of amides is 1. The predicted molar refractivity (Wildman–Crippen MR) is 84.0 cm³/mol. The lowest BCUT2D eigenvalue weighted by Gasteiger charge is -2.29. The van der Waals surface area contributed by atoms with Gasteiger partial charge >= 0.3 is 0 Å². The Hall–Kier alpha value is -1.69. The van der Waals surface area contributed by atoms with Crippen LogP contribution in [-0.4, -0.2) is 48.4 Å². The number of rotatable bonds is 3. The molecule has 2 fully saturated rings. The first kappa shape index (κ1) is 15.2. The molecule has 22 heavy (non-hydrogen) atoms. The fourth-order valence-electron chi connectivity index (χ4n) is 3.18. The summed E-state index contributed by atoms with van der Waals surface area (Å²) >= 11 is 0. The smallest absolute Gasteiger partial charge is 0.272 e. The van der Waals surface area contributed by atoms with Gasteiger partial charge in [-0.1, -0.05) is 19.8 Å². The molecule has 120 valence electrons. The molecule has 0 radical (unpaired) electrons. The van der Waals surface area contributed by atoms with Gasteiger partial charge in [0.1, 0.15) is 0 Å². The van der Waals surface area contributed by atoms with Gasteiger partial charge in [-0.15, -0.1) is 10.2 Å². The fraction of sp³-hybridized carbons (Fsp3) is 0.688. The SMILES string of the molecule is CC1CCCCC1NC(=O)c1ccc(N2CCOCC2)nn1. The van der Waals surface area contributed by atoms with Gasteiger partial charge in [0.25, 0.3) is 5.91 Å². The van der Waals surface area contributed by atoms with Crippen LogP contribution in [0.5, 0.6) is 0 Å². The van der Waals surface area contributed by atoms with E-state index in [0.717, 1.165) is 25.3 Å². The second-order valence-electron chi connectivity index (χ2n) is 6.22. The van der Waals surface area contributed by atoms with Crippen LogP contribution in [0.2, 0.25) is 0 Å². The van der Waals surface area contributed by atoms with E-state index in [0.29, 0.717) is 24.8 Å². The van der Waals surface area contributed by atoms with Crippen LogP contribution >= 0.6 is 0 Å². The van der Waals surface area contributed by atoms with E-state index in [1.807, 2.05) is 6.07 Å². The Morgan fingerprint density at radius 1 is 1.23 bits per heavy atom. The van der Waals surface area contributed by atoms with Crippen molar-refractivity contribution in [3.8, 4) is 0 Å². The molecule has 0 bridgehead atoms. The zero-order valence-electron chi connectivity index (χ0n) is 13.1. The van der Waals surface area contributed by atoms with Gasteiger partial charge < -0.3 is 15.0 Å². The number of hydrogen-bond donors (Lipinski definition) is 1. The molecule has 2 heterocycles. The standard InChI is InChI=1S/C16H24N4O2/c1-12-4-2-3-5-13(12)17-16(21)14-6-7-15(19-18-14)20-8-10-22-11-9-20/h6-7,12-13H,2-5,8-11H2,1H3,(H,17,21). The van der Waals surface area contributed by atoms with Gasteiger partial charge in [-0.05, 0) is 30.9 Å². The van der Waals surface area contributed by atoms with E-state index in [9.17, 15) is 4.79 Å². The number of aromatic nitrogens is 2. The Morgan fingerprint density at radius 3 is 2.68 bits per heavy atom. The number of nitrogens with zero attached hydrogens (tertiary/aromatic N) is 3. The van der Waals surface area contributed by atoms with E-state index in [1.165, 1.54) is 19.3 Å². The first-order chi connectivity index (χ1) is 10.7. The number of hydrogen-bond acceptors (Lipinski definition) is 5. The van der Waals surface area contributed by atoms with Crippen LogP contribution in [-0.2, 0) is 4.74 Å². The summed E-state index contributed by atoms with van der Waals surface area (Å²) in [6.07, 6.45) is 4.71. The van der Waals surface area contributed by atoms with Gasteiger partial charge in [-0.2, -0.15) is 0 Å². The van der Waals surface area contributed by atoms with Gasteiger partial charge in [0.2, 0.25) is 0 Å². The van der Waals surface area contributed by atoms with Crippen LogP contribution < -0.4 is 10.2 Å². The van der Waals surface area contributed by atoms with E-state index in [1.54, 1.807) is 6.07 Å². The molecular formula is C16H24N4O2. The van der Waals surface area contributed by atoms with E-state index >= 15 is 0 Å². The molecule has 0 spiro atoms. The number of morpholine rings is 1. The summed E-state index contributed by atoms with van der Waals surface area (Å²) in [6, 6.07) is 3.90. The minimum atomic E-state index is -0.111. The zero-order valence-corrected chi connectivity index (χ0v) is 13.1. The summed E-state index contributed by atoms with van der Waals surface area (Å²) in [5.74, 6) is 1.24. The van der Waals surface area contributed by atoms with Crippen molar-refractivity contribution < 1.29 is 9.53 Å². The van der Waals surface area contributed by atoms with Crippen molar-refractivity contribution in [1.29, 1.82) is 0 Å². The van der Waals surface area contributed by atoms with Crippen LogP contribution in [0, 0.1) is 5.92 Å². The third-order valence-corrected chi connectivity index (χ3v) is 4.65. The Bertz CT molecular complexity index is 499. The second-order valence-corrected chi connectivity index (χ2v) is 6.22. The van der Waals surface area contributed by atoms with Crippen molar-refractivity contribution in [3.05, 3.63) is 17.8 Å². The number of anilines is 1. The minimum Gasteiger partial charge on any atom is -0.378 e. The lowest BCUT2D eigenvalue weighted by Crippen LogP contribution is -2.41. The lowest BCUT2D eigenvalue weighted by atomic mass is 9.86. The Morgan fingerprint density at radius 2 is 2.00 bits per heavy atom. The van der Waals surface area contributed by atoms with E-state index in [2.05, 4.69) is 27.3 Å². The molecule has 1 aromatic rings. The quantitative estimate of drug-likeness (QED) is 0.919. The normalized spacial score (nSPS) is 25.8. The van der Waals surface area contributed by atoms with E-state index in [-0.39, 0.29) is 11.9 Å². The van der Waals surface area contributed by atoms with Gasteiger partial charge in [0.05, 0.1) is 13.2 Å². The molecule has 2 aliphatic rings. The van der Waals surface area contributed by atoms with Gasteiger partial charge in [-0.25, -0.2) is 0 Å². The molecular weight excluding hydrogens is 280 g/mol. The van der Waals surface area contributed by atoms with Crippen LogP contribution in [0.15, 0.2) is 12.1 Å². The van der Waals surface area contributed by atoms with Gasteiger partial charge in [0.15, 0.2) is 11.5 Å². The highest BCUT2D eigenvalue weighted by atomic mass is 16.5. The molecule has 1 aromatic heterocycles. The fourth-order valence-corrected chi connectivity index (χ4v) is 3.18. The van der Waals surface area contributed by atoms with Crippen molar-refractivity contribution in [2.24, 2.45) is 5.92 Å². The molecule has 1 saturated carbocycles. The molecule has 3 rings (SSSR count). The van der Waals surface area contributed by atoms with Crippen LogP contribution in [0.25, 0.3) is 0 Å². The highest BCUT2D eigenvalue weighted by Crippen LogP contribution is 2.24. The number of carbonyl (C=O) groups is 1. The molecule has 6 heteroatoms. The molecule has 0 aromatic carbocycles. The topological polar surface area (TPSA) is 67.4 Å². The number of nitrogens with one attached hydrogen (secondary N) is 1. The monoisotopic (exact) mass is 304 g/mol. The van der Waals surface area contributed by atoms with Gasteiger partial charge in [0, 0.05) is 19.1 Å². The van der Waals surface area contributed by atoms with Crippen LogP contribution in [0.1, 0.15) is 43.1 Å². The molecule has 2 unspecified atom stereocenters. The number of ether oxygens (including phenoxy) is 1. The summed E-state index contributed by atoms with van der Waals surface area (Å²) in [5, 5.41) is 11.4. The molecule has 2 atom stereocenters. The average Bonchev–Trinajstić information content (AvgIpc) is 2.58. The second kappa shape index (κ2) is 7.05. The van der Waals surface area contributed by atoms with E-state index < -0.39 is 0 Å². The maximum Gasteiger partial charge on any atom is 0.272 e. The molecule has 1 aliphatic carbocycles. The molecule has 1 amide bonds. The van der Waals surface area contributed by atoms with Crippen molar-refractivity contribution in [2.75, 3.05) is 31.2 Å². The van der Waals surface area contributed by atoms with Crippen LogP contribution in [0.3, 0.4) is 0 Å². The third-order valence-electron chi connectivity index (χ3n) is 4.65.